The van der Waals surface area contributed by atoms with Crippen molar-refractivity contribution in [2.75, 3.05) is 11.9 Å². The summed E-state index contributed by atoms with van der Waals surface area (Å²) in [5.74, 6) is -0.675. The zero-order valence-corrected chi connectivity index (χ0v) is 15.0. The molecule has 0 unspecified atom stereocenters. The molecule has 2 aromatic rings. The Kier molecular flexibility index (Phi) is 4.44. The summed E-state index contributed by atoms with van der Waals surface area (Å²) in [6.45, 7) is 2.16. The number of hydrogen-bond donors (Lipinski definition) is 2. The number of esters is 1. The molecule has 1 aliphatic heterocycles. The zero-order valence-electron chi connectivity index (χ0n) is 15.0. The van der Waals surface area contributed by atoms with Gasteiger partial charge in [-0.2, -0.15) is 0 Å². The molecular formula is C22H21NO4. The van der Waals surface area contributed by atoms with Gasteiger partial charge >= 0.3 is 11.9 Å². The van der Waals surface area contributed by atoms with Crippen LogP contribution in [0.25, 0.3) is 0 Å². The summed E-state index contributed by atoms with van der Waals surface area (Å²) in [6.07, 6.45) is 5.33. The maximum absolute atomic E-state index is 12.1. The first kappa shape index (κ1) is 17.3. The van der Waals surface area contributed by atoms with E-state index in [1.807, 2.05) is 24.3 Å². The summed E-state index contributed by atoms with van der Waals surface area (Å²) in [4.78, 5) is 23.2. The van der Waals surface area contributed by atoms with Crippen molar-refractivity contribution in [1.29, 1.82) is 0 Å². The van der Waals surface area contributed by atoms with E-state index in [1.54, 1.807) is 25.1 Å². The lowest BCUT2D eigenvalue weighted by molar-refractivity contribution is 0.0525. The fourth-order valence-electron chi connectivity index (χ4n) is 4.10. The molecule has 3 atom stereocenters. The van der Waals surface area contributed by atoms with Crippen LogP contribution in [-0.4, -0.2) is 23.7 Å². The molecule has 0 saturated carbocycles. The Hall–Kier alpha value is -3.08. The predicted octanol–water partition coefficient (Wildman–Crippen LogP) is 4.39. The minimum absolute atomic E-state index is 0.0915. The number of aromatic carboxylic acids is 1. The average molecular weight is 363 g/mol. The second-order valence-corrected chi connectivity index (χ2v) is 6.93. The van der Waals surface area contributed by atoms with Gasteiger partial charge in [-0.15, -0.1) is 0 Å². The van der Waals surface area contributed by atoms with Crippen LogP contribution in [-0.2, 0) is 4.74 Å². The van der Waals surface area contributed by atoms with Gasteiger partial charge in [-0.05, 0) is 60.7 Å². The highest BCUT2D eigenvalue weighted by molar-refractivity contribution is 5.90. The summed E-state index contributed by atoms with van der Waals surface area (Å²) in [6, 6.07) is 12.8. The van der Waals surface area contributed by atoms with Gasteiger partial charge in [-0.1, -0.05) is 24.3 Å². The van der Waals surface area contributed by atoms with Crippen molar-refractivity contribution in [1.82, 2.24) is 0 Å². The van der Waals surface area contributed by atoms with Crippen molar-refractivity contribution < 1.29 is 19.4 Å². The molecule has 0 bridgehead atoms. The number of anilines is 1. The van der Waals surface area contributed by atoms with Crippen LogP contribution < -0.4 is 5.32 Å². The fourth-order valence-corrected chi connectivity index (χ4v) is 4.10. The highest BCUT2D eigenvalue weighted by Crippen LogP contribution is 2.49. The molecule has 0 spiro atoms. The van der Waals surface area contributed by atoms with E-state index in [9.17, 15) is 9.59 Å². The molecule has 0 radical (unpaired) electrons. The molecule has 4 rings (SSSR count). The van der Waals surface area contributed by atoms with Crippen LogP contribution in [0.3, 0.4) is 0 Å². The van der Waals surface area contributed by atoms with Crippen molar-refractivity contribution in [3.8, 4) is 0 Å². The van der Waals surface area contributed by atoms with E-state index in [-0.39, 0.29) is 23.5 Å². The van der Waals surface area contributed by atoms with E-state index in [2.05, 4.69) is 17.5 Å². The number of carbonyl (C=O) groups is 2. The number of rotatable bonds is 4. The Bertz CT molecular complexity index is 916. The lowest BCUT2D eigenvalue weighted by Gasteiger charge is -2.37. The van der Waals surface area contributed by atoms with Gasteiger partial charge in [0, 0.05) is 11.6 Å². The molecule has 27 heavy (non-hydrogen) atoms. The van der Waals surface area contributed by atoms with E-state index >= 15 is 0 Å². The van der Waals surface area contributed by atoms with Crippen molar-refractivity contribution >= 4 is 17.6 Å². The summed E-state index contributed by atoms with van der Waals surface area (Å²) < 4.78 is 5.13. The van der Waals surface area contributed by atoms with Crippen LogP contribution in [0, 0.1) is 5.92 Å². The van der Waals surface area contributed by atoms with Gasteiger partial charge in [-0.3, -0.25) is 0 Å². The summed E-state index contributed by atoms with van der Waals surface area (Å²) >= 11 is 0. The third-order valence-corrected chi connectivity index (χ3v) is 5.39. The van der Waals surface area contributed by atoms with Crippen molar-refractivity contribution in [3.05, 3.63) is 76.9 Å². The normalized spacial score (nSPS) is 22.5. The number of carboxylic acid groups (broad SMARTS) is 1. The van der Waals surface area contributed by atoms with Gasteiger partial charge in [0.15, 0.2) is 0 Å². The topological polar surface area (TPSA) is 75.6 Å². The Morgan fingerprint density at radius 3 is 2.59 bits per heavy atom. The van der Waals surface area contributed by atoms with E-state index in [0.717, 1.165) is 23.2 Å². The third kappa shape index (κ3) is 3.10. The molecular weight excluding hydrogens is 342 g/mol. The van der Waals surface area contributed by atoms with Crippen LogP contribution in [0.2, 0.25) is 0 Å². The fraction of sp³-hybridized carbons (Fsp3) is 0.273. The molecule has 0 saturated heterocycles. The number of benzene rings is 2. The maximum Gasteiger partial charge on any atom is 0.338 e. The van der Waals surface area contributed by atoms with E-state index in [1.165, 1.54) is 0 Å². The molecule has 5 heteroatoms. The molecule has 138 valence electrons. The Morgan fingerprint density at radius 1 is 1.15 bits per heavy atom. The molecule has 5 nitrogen and oxygen atoms in total. The number of ether oxygens (including phenoxy) is 1. The van der Waals surface area contributed by atoms with Crippen molar-refractivity contribution in [3.63, 3.8) is 0 Å². The van der Waals surface area contributed by atoms with Crippen LogP contribution in [0.5, 0.6) is 0 Å². The van der Waals surface area contributed by atoms with Crippen LogP contribution >= 0.6 is 0 Å². The highest BCUT2D eigenvalue weighted by atomic mass is 16.5. The van der Waals surface area contributed by atoms with Gasteiger partial charge in [0.1, 0.15) is 0 Å². The number of fused-ring (bicyclic) bond motifs is 3. The standard InChI is InChI=1S/C22H21NO4/c1-2-27-22(26)15-10-11-19-18(12-15)16-4-3-5-17(16)20(23-19)13-6-8-14(9-7-13)21(24)25/h3-4,6-12,16-17,20,23H,2,5H2,1H3,(H,24,25)/t16-,17+,20+/m1/s1. The maximum atomic E-state index is 12.1. The van der Waals surface area contributed by atoms with Crippen molar-refractivity contribution in [2.45, 2.75) is 25.3 Å². The smallest absolute Gasteiger partial charge is 0.338 e. The van der Waals surface area contributed by atoms with Crippen molar-refractivity contribution in [2.24, 2.45) is 5.92 Å². The summed E-state index contributed by atoms with van der Waals surface area (Å²) in [7, 11) is 0. The van der Waals surface area contributed by atoms with Crippen LogP contribution in [0.4, 0.5) is 5.69 Å². The van der Waals surface area contributed by atoms with Gasteiger partial charge in [-0.25, -0.2) is 9.59 Å². The Balaban J connectivity index is 1.68. The lowest BCUT2D eigenvalue weighted by Crippen LogP contribution is -2.29. The molecule has 1 heterocycles. The van der Waals surface area contributed by atoms with E-state index in [0.29, 0.717) is 18.1 Å². The van der Waals surface area contributed by atoms with Gasteiger partial charge in [0.05, 0.1) is 23.8 Å². The second-order valence-electron chi connectivity index (χ2n) is 6.93. The third-order valence-electron chi connectivity index (χ3n) is 5.39. The number of carboxylic acids is 1. The van der Waals surface area contributed by atoms with E-state index < -0.39 is 5.97 Å². The molecule has 2 aromatic carbocycles. The molecule has 1 aliphatic carbocycles. The van der Waals surface area contributed by atoms with Crippen LogP contribution in [0.15, 0.2) is 54.6 Å². The largest absolute Gasteiger partial charge is 0.478 e. The first-order chi connectivity index (χ1) is 13.1. The Labute approximate surface area is 157 Å². The van der Waals surface area contributed by atoms with E-state index in [4.69, 9.17) is 9.84 Å². The number of allylic oxidation sites excluding steroid dienone is 2. The first-order valence-electron chi connectivity index (χ1n) is 9.16. The monoisotopic (exact) mass is 363 g/mol. The average Bonchev–Trinajstić information content (AvgIpc) is 3.17. The van der Waals surface area contributed by atoms with Gasteiger partial charge < -0.3 is 15.2 Å². The van der Waals surface area contributed by atoms with Gasteiger partial charge in [0.25, 0.3) is 0 Å². The predicted molar refractivity (Wildman–Crippen MR) is 102 cm³/mol. The van der Waals surface area contributed by atoms with Crippen LogP contribution in [0.1, 0.15) is 57.1 Å². The molecule has 2 aliphatic rings. The quantitative estimate of drug-likeness (QED) is 0.622. The molecule has 0 fully saturated rings. The second kappa shape index (κ2) is 6.91. The highest BCUT2D eigenvalue weighted by Gasteiger charge is 2.38. The number of hydrogen-bond acceptors (Lipinski definition) is 4. The number of carbonyl (C=O) groups excluding carboxylic acids is 1. The molecule has 0 amide bonds. The summed E-state index contributed by atoms with van der Waals surface area (Å²) in [5, 5.41) is 12.7. The first-order valence-corrected chi connectivity index (χ1v) is 9.16. The lowest BCUT2D eigenvalue weighted by atomic mass is 9.76. The molecule has 2 N–H and O–H groups in total. The SMILES string of the molecule is CCOC(=O)c1ccc2c(c1)[C@@H]1C=CC[C@@H]1[C@H](c1ccc(C(=O)O)cc1)N2. The minimum Gasteiger partial charge on any atom is -0.478 e. The summed E-state index contributed by atoms with van der Waals surface area (Å²) in [5.41, 5.74) is 4.04. The minimum atomic E-state index is -0.921. The molecule has 0 aromatic heterocycles. The Morgan fingerprint density at radius 2 is 1.89 bits per heavy atom. The van der Waals surface area contributed by atoms with Gasteiger partial charge in [0.2, 0.25) is 0 Å². The zero-order chi connectivity index (χ0) is 19.0. The number of nitrogens with one attached hydrogen (secondary N) is 1.